The van der Waals surface area contributed by atoms with Gasteiger partial charge < -0.3 is 5.11 Å². The fourth-order valence-electron chi connectivity index (χ4n) is 0.656. The summed E-state index contributed by atoms with van der Waals surface area (Å²) in [5, 5.41) is 8.50. The molecule has 0 aliphatic heterocycles. The van der Waals surface area contributed by atoms with Gasteiger partial charge in [-0.3, -0.25) is 4.98 Å². The second-order valence-corrected chi connectivity index (χ2v) is 2.60. The summed E-state index contributed by atoms with van der Waals surface area (Å²) in [5.74, 6) is 0. The zero-order chi connectivity index (χ0) is 10.1. The molecular weight excluding hydrogens is 209 g/mol. The van der Waals surface area contributed by atoms with Crippen molar-refractivity contribution in [1.82, 2.24) is 9.97 Å². The van der Waals surface area contributed by atoms with E-state index in [2.05, 4.69) is 9.97 Å². The summed E-state index contributed by atoms with van der Waals surface area (Å²) in [4.78, 5) is 6.64. The van der Waals surface area contributed by atoms with Crippen molar-refractivity contribution in [2.75, 3.05) is 0 Å². The highest BCUT2D eigenvalue weighted by Crippen LogP contribution is 2.31. The SMILES string of the molecule is O[C@@H](c1cncc(Cl)n1)C(F)(F)F. The lowest BCUT2D eigenvalue weighted by molar-refractivity contribution is -0.208. The van der Waals surface area contributed by atoms with Crippen molar-refractivity contribution >= 4 is 11.6 Å². The zero-order valence-electron chi connectivity index (χ0n) is 6.09. The first-order valence-electron chi connectivity index (χ1n) is 3.13. The molecule has 0 saturated carbocycles. The lowest BCUT2D eigenvalue weighted by atomic mass is 10.2. The second kappa shape index (κ2) is 3.47. The van der Waals surface area contributed by atoms with Gasteiger partial charge in [0.2, 0.25) is 0 Å². The molecule has 1 aromatic heterocycles. The molecule has 0 unspecified atom stereocenters. The molecule has 0 fully saturated rings. The van der Waals surface area contributed by atoms with E-state index >= 15 is 0 Å². The van der Waals surface area contributed by atoms with Crippen LogP contribution >= 0.6 is 11.6 Å². The summed E-state index contributed by atoms with van der Waals surface area (Å²) in [5.41, 5.74) is -0.611. The molecule has 1 heterocycles. The quantitative estimate of drug-likeness (QED) is 0.771. The van der Waals surface area contributed by atoms with Gasteiger partial charge in [-0.1, -0.05) is 11.6 Å². The molecule has 0 aliphatic rings. The molecule has 0 aromatic carbocycles. The van der Waals surface area contributed by atoms with E-state index in [-0.39, 0.29) is 5.15 Å². The van der Waals surface area contributed by atoms with Crippen LogP contribution in [0.5, 0.6) is 0 Å². The van der Waals surface area contributed by atoms with Crippen LogP contribution in [0, 0.1) is 0 Å². The molecule has 0 spiro atoms. The molecular formula is C6H4ClF3N2O. The van der Waals surface area contributed by atoms with Gasteiger partial charge in [0.15, 0.2) is 6.10 Å². The van der Waals surface area contributed by atoms with Gasteiger partial charge in [0.25, 0.3) is 0 Å². The topological polar surface area (TPSA) is 46.0 Å². The summed E-state index contributed by atoms with van der Waals surface area (Å²) >= 11 is 5.29. The van der Waals surface area contributed by atoms with E-state index in [4.69, 9.17) is 16.7 Å². The highest BCUT2D eigenvalue weighted by atomic mass is 35.5. The van der Waals surface area contributed by atoms with Gasteiger partial charge in [0.1, 0.15) is 5.15 Å². The van der Waals surface area contributed by atoms with E-state index in [0.29, 0.717) is 0 Å². The zero-order valence-corrected chi connectivity index (χ0v) is 6.84. The number of aliphatic hydroxyl groups excluding tert-OH is 1. The minimum Gasteiger partial charge on any atom is -0.378 e. The van der Waals surface area contributed by atoms with Gasteiger partial charge in [-0.25, -0.2) is 4.98 Å². The number of rotatable bonds is 1. The maximum atomic E-state index is 11.9. The van der Waals surface area contributed by atoms with Crippen LogP contribution in [0.25, 0.3) is 0 Å². The van der Waals surface area contributed by atoms with Gasteiger partial charge in [-0.05, 0) is 0 Å². The van der Waals surface area contributed by atoms with E-state index < -0.39 is 18.0 Å². The van der Waals surface area contributed by atoms with Crippen molar-refractivity contribution in [1.29, 1.82) is 0 Å². The molecule has 0 radical (unpaired) electrons. The summed E-state index contributed by atoms with van der Waals surface area (Å²) in [7, 11) is 0. The number of aromatic nitrogens is 2. The molecule has 13 heavy (non-hydrogen) atoms. The van der Waals surface area contributed by atoms with Gasteiger partial charge in [0, 0.05) is 0 Å². The van der Waals surface area contributed by atoms with E-state index in [1.807, 2.05) is 0 Å². The van der Waals surface area contributed by atoms with Crippen molar-refractivity contribution in [3.8, 4) is 0 Å². The average molecular weight is 213 g/mol. The lowest BCUT2D eigenvalue weighted by Gasteiger charge is -2.12. The minimum absolute atomic E-state index is 0.194. The number of halogens is 4. The van der Waals surface area contributed by atoms with Crippen LogP contribution in [0.15, 0.2) is 12.4 Å². The lowest BCUT2D eigenvalue weighted by Crippen LogP contribution is -2.21. The Hall–Kier alpha value is -0.880. The molecule has 1 N–H and O–H groups in total. The van der Waals surface area contributed by atoms with Crippen LogP contribution in [-0.2, 0) is 0 Å². The van der Waals surface area contributed by atoms with Crippen LogP contribution in [0.1, 0.15) is 11.8 Å². The third-order valence-corrected chi connectivity index (χ3v) is 1.40. The summed E-state index contributed by atoms with van der Waals surface area (Å²) in [6.45, 7) is 0. The monoisotopic (exact) mass is 212 g/mol. The molecule has 7 heteroatoms. The molecule has 72 valence electrons. The van der Waals surface area contributed by atoms with Crippen molar-refractivity contribution in [3.63, 3.8) is 0 Å². The molecule has 1 atom stereocenters. The van der Waals surface area contributed by atoms with Crippen LogP contribution in [0.4, 0.5) is 13.2 Å². The second-order valence-electron chi connectivity index (χ2n) is 2.21. The van der Waals surface area contributed by atoms with E-state index in [0.717, 1.165) is 12.4 Å². The number of alkyl halides is 3. The van der Waals surface area contributed by atoms with Gasteiger partial charge in [-0.2, -0.15) is 13.2 Å². The Balaban J connectivity index is 2.96. The average Bonchev–Trinajstić information content (AvgIpc) is 2.01. The van der Waals surface area contributed by atoms with E-state index in [1.54, 1.807) is 0 Å². The van der Waals surface area contributed by atoms with Gasteiger partial charge >= 0.3 is 6.18 Å². The first-order chi connectivity index (χ1) is 5.91. The summed E-state index contributed by atoms with van der Waals surface area (Å²) < 4.78 is 35.7. The Kier molecular flexibility index (Phi) is 2.72. The summed E-state index contributed by atoms with van der Waals surface area (Å²) in [6.07, 6.45) is -5.50. The highest BCUT2D eigenvalue weighted by molar-refractivity contribution is 6.29. The minimum atomic E-state index is -4.75. The molecule has 0 aliphatic carbocycles. The first kappa shape index (κ1) is 10.2. The largest absolute Gasteiger partial charge is 0.420 e. The molecule has 0 bridgehead atoms. The van der Waals surface area contributed by atoms with Crippen molar-refractivity contribution in [3.05, 3.63) is 23.2 Å². The first-order valence-corrected chi connectivity index (χ1v) is 3.51. The van der Waals surface area contributed by atoms with Crippen LogP contribution < -0.4 is 0 Å². The Morgan fingerprint density at radius 2 is 2.00 bits per heavy atom. The van der Waals surface area contributed by atoms with Crippen molar-refractivity contribution in [2.24, 2.45) is 0 Å². The Morgan fingerprint density at radius 3 is 2.46 bits per heavy atom. The highest BCUT2D eigenvalue weighted by Gasteiger charge is 2.40. The van der Waals surface area contributed by atoms with Gasteiger partial charge in [0.05, 0.1) is 18.1 Å². The van der Waals surface area contributed by atoms with Crippen LogP contribution in [0.3, 0.4) is 0 Å². The predicted octanol–water partition coefficient (Wildman–Crippen LogP) is 1.73. The fraction of sp³-hybridized carbons (Fsp3) is 0.333. The number of hydrogen-bond acceptors (Lipinski definition) is 3. The molecule has 3 nitrogen and oxygen atoms in total. The van der Waals surface area contributed by atoms with Gasteiger partial charge in [-0.15, -0.1) is 0 Å². The van der Waals surface area contributed by atoms with E-state index in [9.17, 15) is 13.2 Å². The third kappa shape index (κ3) is 2.53. The maximum absolute atomic E-state index is 11.9. The molecule has 0 amide bonds. The van der Waals surface area contributed by atoms with Crippen molar-refractivity contribution in [2.45, 2.75) is 12.3 Å². The third-order valence-electron chi connectivity index (χ3n) is 1.21. The predicted molar refractivity (Wildman–Crippen MR) is 38.1 cm³/mol. The number of nitrogens with zero attached hydrogens (tertiary/aromatic N) is 2. The molecule has 1 rings (SSSR count). The summed E-state index contributed by atoms with van der Waals surface area (Å²) in [6, 6.07) is 0. The van der Waals surface area contributed by atoms with Crippen LogP contribution in [-0.4, -0.2) is 21.3 Å². The molecule has 0 saturated heterocycles. The Labute approximate surface area is 76.2 Å². The normalized spacial score (nSPS) is 14.2. The smallest absolute Gasteiger partial charge is 0.378 e. The van der Waals surface area contributed by atoms with Crippen molar-refractivity contribution < 1.29 is 18.3 Å². The Morgan fingerprint density at radius 1 is 1.38 bits per heavy atom. The number of hydrogen-bond donors (Lipinski definition) is 1. The fourth-order valence-corrected chi connectivity index (χ4v) is 0.810. The Bertz CT molecular complexity index is 304. The van der Waals surface area contributed by atoms with Crippen LogP contribution in [0.2, 0.25) is 5.15 Å². The maximum Gasteiger partial charge on any atom is 0.420 e. The molecule has 1 aromatic rings. The van der Waals surface area contributed by atoms with E-state index in [1.165, 1.54) is 0 Å². The number of aliphatic hydroxyl groups is 1. The standard InChI is InChI=1S/C6H4ClF3N2O/c7-4-2-11-1-3(12-4)5(13)6(8,9)10/h1-2,5,13H/t5-/m0/s1.